The van der Waals surface area contributed by atoms with Gasteiger partial charge in [-0.2, -0.15) is 12.6 Å². The van der Waals surface area contributed by atoms with Gasteiger partial charge in [0.2, 0.25) is 5.91 Å². The van der Waals surface area contributed by atoms with E-state index < -0.39 is 0 Å². The van der Waals surface area contributed by atoms with Crippen LogP contribution in [0.4, 0.5) is 0 Å². The van der Waals surface area contributed by atoms with E-state index in [1.54, 1.807) is 0 Å². The molecular weight excluding hydrogens is 170 g/mol. The van der Waals surface area contributed by atoms with Gasteiger partial charge in [-0.1, -0.05) is 19.3 Å². The summed E-state index contributed by atoms with van der Waals surface area (Å²) in [5.41, 5.74) is 0. The van der Waals surface area contributed by atoms with Crippen molar-refractivity contribution >= 4 is 18.5 Å². The highest BCUT2D eigenvalue weighted by molar-refractivity contribution is 7.81. The summed E-state index contributed by atoms with van der Waals surface area (Å²) in [6.45, 7) is 0. The first-order valence-electron chi connectivity index (χ1n) is 4.62. The lowest BCUT2D eigenvalue weighted by atomic mass is 9.94. The molecule has 0 radical (unpaired) electrons. The molecule has 1 aliphatic rings. The molecule has 0 spiro atoms. The van der Waals surface area contributed by atoms with Gasteiger partial charge in [-0.3, -0.25) is 4.79 Å². The zero-order valence-corrected chi connectivity index (χ0v) is 8.52. The molecule has 0 aromatic heterocycles. The van der Waals surface area contributed by atoms with Gasteiger partial charge < -0.3 is 4.90 Å². The molecule has 0 unspecified atom stereocenters. The number of carbonyl (C=O) groups is 1. The van der Waals surface area contributed by atoms with Gasteiger partial charge in [-0.15, -0.1) is 0 Å². The minimum atomic E-state index is 0.158. The molecule has 0 saturated heterocycles. The SMILES string of the molecule is CN(C(=O)CS)C1CCCCC1. The van der Waals surface area contributed by atoms with Crippen molar-refractivity contribution in [3.05, 3.63) is 0 Å². The first kappa shape index (κ1) is 9.90. The van der Waals surface area contributed by atoms with E-state index in [1.807, 2.05) is 11.9 Å². The van der Waals surface area contributed by atoms with Crippen molar-refractivity contribution in [2.24, 2.45) is 0 Å². The maximum atomic E-state index is 11.3. The lowest BCUT2D eigenvalue weighted by Crippen LogP contribution is -2.38. The molecule has 0 bridgehead atoms. The van der Waals surface area contributed by atoms with Gasteiger partial charge in [-0.05, 0) is 12.8 Å². The van der Waals surface area contributed by atoms with Gasteiger partial charge in [0.15, 0.2) is 0 Å². The minimum absolute atomic E-state index is 0.158. The molecule has 0 atom stereocenters. The highest BCUT2D eigenvalue weighted by Crippen LogP contribution is 2.21. The number of rotatable bonds is 2. The van der Waals surface area contributed by atoms with Crippen LogP contribution >= 0.6 is 12.6 Å². The fourth-order valence-electron chi connectivity index (χ4n) is 1.78. The van der Waals surface area contributed by atoms with Crippen molar-refractivity contribution in [3.63, 3.8) is 0 Å². The van der Waals surface area contributed by atoms with E-state index in [9.17, 15) is 4.79 Å². The molecule has 1 rings (SSSR count). The van der Waals surface area contributed by atoms with Crippen molar-refractivity contribution in [2.75, 3.05) is 12.8 Å². The minimum Gasteiger partial charge on any atom is -0.342 e. The molecule has 70 valence electrons. The van der Waals surface area contributed by atoms with Gasteiger partial charge in [-0.25, -0.2) is 0 Å². The zero-order chi connectivity index (χ0) is 8.97. The predicted octanol–water partition coefficient (Wildman–Crippen LogP) is 1.71. The Morgan fingerprint density at radius 3 is 2.50 bits per heavy atom. The Balaban J connectivity index is 2.39. The fourth-order valence-corrected chi connectivity index (χ4v) is 2.01. The van der Waals surface area contributed by atoms with Crippen LogP contribution in [0.15, 0.2) is 0 Å². The van der Waals surface area contributed by atoms with E-state index in [0.29, 0.717) is 11.8 Å². The summed E-state index contributed by atoms with van der Waals surface area (Å²) in [7, 11) is 1.90. The maximum Gasteiger partial charge on any atom is 0.232 e. The molecule has 1 amide bonds. The Morgan fingerprint density at radius 2 is 2.00 bits per heavy atom. The molecule has 0 aromatic carbocycles. The predicted molar refractivity (Wildman–Crippen MR) is 53.5 cm³/mol. The zero-order valence-electron chi connectivity index (χ0n) is 7.62. The second-order valence-electron chi connectivity index (χ2n) is 3.45. The third kappa shape index (κ3) is 2.41. The topological polar surface area (TPSA) is 20.3 Å². The summed E-state index contributed by atoms with van der Waals surface area (Å²) in [6, 6.07) is 0.485. The summed E-state index contributed by atoms with van der Waals surface area (Å²) in [5, 5.41) is 0. The van der Waals surface area contributed by atoms with E-state index in [2.05, 4.69) is 12.6 Å². The standard InChI is InChI=1S/C9H17NOS/c1-10(9(11)7-12)8-5-3-2-4-6-8/h8,12H,2-7H2,1H3. The van der Waals surface area contributed by atoms with Gasteiger partial charge >= 0.3 is 0 Å². The van der Waals surface area contributed by atoms with Crippen LogP contribution in [0.2, 0.25) is 0 Å². The Bertz CT molecular complexity index is 155. The number of hydrogen-bond donors (Lipinski definition) is 1. The van der Waals surface area contributed by atoms with Crippen molar-refractivity contribution in [1.29, 1.82) is 0 Å². The summed E-state index contributed by atoms with van der Waals surface area (Å²) >= 11 is 3.98. The van der Waals surface area contributed by atoms with Crippen LogP contribution in [0, 0.1) is 0 Å². The Labute approximate surface area is 79.7 Å². The number of thiol groups is 1. The lowest BCUT2D eigenvalue weighted by molar-refractivity contribution is -0.129. The molecule has 1 fully saturated rings. The largest absolute Gasteiger partial charge is 0.342 e. The van der Waals surface area contributed by atoms with E-state index in [0.717, 1.165) is 0 Å². The Kier molecular flexibility index (Phi) is 3.92. The van der Waals surface area contributed by atoms with E-state index >= 15 is 0 Å². The van der Waals surface area contributed by atoms with Crippen LogP contribution in [0.1, 0.15) is 32.1 Å². The van der Waals surface area contributed by atoms with Crippen molar-refractivity contribution in [3.8, 4) is 0 Å². The first-order valence-corrected chi connectivity index (χ1v) is 5.25. The number of amides is 1. The lowest BCUT2D eigenvalue weighted by Gasteiger charge is -2.30. The smallest absolute Gasteiger partial charge is 0.232 e. The fraction of sp³-hybridized carbons (Fsp3) is 0.889. The van der Waals surface area contributed by atoms with Crippen LogP contribution in [0.3, 0.4) is 0 Å². The van der Waals surface area contributed by atoms with Crippen LogP contribution in [-0.4, -0.2) is 29.6 Å². The number of hydrogen-bond acceptors (Lipinski definition) is 2. The van der Waals surface area contributed by atoms with Crippen molar-refractivity contribution in [2.45, 2.75) is 38.1 Å². The third-order valence-electron chi connectivity index (χ3n) is 2.65. The van der Waals surface area contributed by atoms with Crippen LogP contribution in [-0.2, 0) is 4.79 Å². The second kappa shape index (κ2) is 4.75. The molecule has 2 nitrogen and oxygen atoms in total. The molecule has 0 aromatic rings. The molecule has 1 saturated carbocycles. The highest BCUT2D eigenvalue weighted by atomic mass is 32.1. The van der Waals surface area contributed by atoms with Crippen LogP contribution < -0.4 is 0 Å². The molecular formula is C9H17NOS. The molecule has 0 heterocycles. The van der Waals surface area contributed by atoms with E-state index in [1.165, 1.54) is 32.1 Å². The second-order valence-corrected chi connectivity index (χ2v) is 3.77. The Hall–Kier alpha value is -0.180. The molecule has 12 heavy (non-hydrogen) atoms. The monoisotopic (exact) mass is 187 g/mol. The first-order chi connectivity index (χ1) is 5.75. The molecule has 1 aliphatic carbocycles. The van der Waals surface area contributed by atoms with Crippen LogP contribution in [0.25, 0.3) is 0 Å². The highest BCUT2D eigenvalue weighted by Gasteiger charge is 2.20. The van der Waals surface area contributed by atoms with Crippen LogP contribution in [0.5, 0.6) is 0 Å². The summed E-state index contributed by atoms with van der Waals surface area (Å²) in [4.78, 5) is 13.1. The molecule has 0 N–H and O–H groups in total. The van der Waals surface area contributed by atoms with Gasteiger partial charge in [0.05, 0.1) is 5.75 Å². The van der Waals surface area contributed by atoms with Gasteiger partial charge in [0.25, 0.3) is 0 Å². The van der Waals surface area contributed by atoms with Crippen molar-refractivity contribution in [1.82, 2.24) is 4.90 Å². The third-order valence-corrected chi connectivity index (χ3v) is 2.92. The summed E-state index contributed by atoms with van der Waals surface area (Å²) < 4.78 is 0. The van der Waals surface area contributed by atoms with E-state index in [4.69, 9.17) is 0 Å². The van der Waals surface area contributed by atoms with Gasteiger partial charge in [0, 0.05) is 13.1 Å². The number of carbonyl (C=O) groups excluding carboxylic acids is 1. The summed E-state index contributed by atoms with van der Waals surface area (Å²) in [6.07, 6.45) is 6.23. The Morgan fingerprint density at radius 1 is 1.42 bits per heavy atom. The van der Waals surface area contributed by atoms with E-state index in [-0.39, 0.29) is 5.91 Å². The van der Waals surface area contributed by atoms with Crippen molar-refractivity contribution < 1.29 is 4.79 Å². The van der Waals surface area contributed by atoms with Gasteiger partial charge in [0.1, 0.15) is 0 Å². The quantitative estimate of drug-likeness (QED) is 0.653. The average Bonchev–Trinajstić information content (AvgIpc) is 2.17. The molecule has 0 aliphatic heterocycles. The molecule has 3 heteroatoms. The average molecular weight is 187 g/mol. The normalized spacial score (nSPS) is 19.2. The summed E-state index contributed by atoms with van der Waals surface area (Å²) in [5.74, 6) is 0.498. The maximum absolute atomic E-state index is 11.3. The number of nitrogens with zero attached hydrogens (tertiary/aromatic N) is 1.